The van der Waals surface area contributed by atoms with Crippen molar-refractivity contribution >= 4 is 34.3 Å². The van der Waals surface area contributed by atoms with Crippen molar-refractivity contribution in [2.75, 3.05) is 29.6 Å². The molecule has 0 bridgehead atoms. The topological polar surface area (TPSA) is 32.8 Å². The van der Waals surface area contributed by atoms with E-state index < -0.39 is 0 Å². The van der Waals surface area contributed by atoms with E-state index in [1.54, 1.807) is 0 Å². The lowest BCUT2D eigenvalue weighted by Crippen LogP contribution is -2.38. The summed E-state index contributed by atoms with van der Waals surface area (Å²) in [5.74, 6) is -0.169. The van der Waals surface area contributed by atoms with Crippen LogP contribution in [0.3, 0.4) is 0 Å². The number of esters is 1. The fourth-order valence-corrected chi connectivity index (χ4v) is 2.25. The van der Waals surface area contributed by atoms with Crippen LogP contribution in [0.2, 0.25) is 0 Å². The summed E-state index contributed by atoms with van der Waals surface area (Å²) < 4.78 is 5.02. The maximum atomic E-state index is 11.6. The number of nitrogens with zero attached hydrogens (tertiary/aromatic N) is 2. The van der Waals surface area contributed by atoms with Crippen molar-refractivity contribution in [3.05, 3.63) is 24.3 Å². The molecule has 0 fully saturated rings. The zero-order valence-electron chi connectivity index (χ0n) is 11.6. The van der Waals surface area contributed by atoms with Crippen LogP contribution in [0.1, 0.15) is 20.8 Å². The highest BCUT2D eigenvalue weighted by Crippen LogP contribution is 2.36. The van der Waals surface area contributed by atoms with E-state index in [9.17, 15) is 4.79 Å². The van der Waals surface area contributed by atoms with E-state index in [1.165, 1.54) is 5.69 Å². The van der Waals surface area contributed by atoms with Gasteiger partial charge in [-0.15, -0.1) is 17.0 Å². The molecule has 1 heterocycles. The van der Waals surface area contributed by atoms with Crippen molar-refractivity contribution in [3.8, 4) is 0 Å². The molecule has 4 nitrogen and oxygen atoms in total. The molecule has 0 amide bonds. The van der Waals surface area contributed by atoms with E-state index in [0.29, 0.717) is 19.2 Å². The number of fused-ring (bicyclic) bond motifs is 1. The molecule has 0 radical (unpaired) electrons. The van der Waals surface area contributed by atoms with Gasteiger partial charge in [-0.3, -0.25) is 4.79 Å². The Morgan fingerprint density at radius 3 is 2.53 bits per heavy atom. The molecule has 0 aromatic heterocycles. The molecule has 0 saturated heterocycles. The van der Waals surface area contributed by atoms with Gasteiger partial charge in [-0.25, -0.2) is 0 Å². The Morgan fingerprint density at radius 1 is 1.32 bits per heavy atom. The number of carbonyl (C=O) groups is 1. The maximum Gasteiger partial charge on any atom is 0.325 e. The Morgan fingerprint density at radius 2 is 1.95 bits per heavy atom. The molecule has 5 heteroatoms. The Bertz CT molecular complexity index is 437. The first kappa shape index (κ1) is 15.8. The third kappa shape index (κ3) is 3.41. The van der Waals surface area contributed by atoms with E-state index in [2.05, 4.69) is 35.8 Å². The summed E-state index contributed by atoms with van der Waals surface area (Å²) in [6.07, 6.45) is 0. The number of anilines is 2. The first-order valence-corrected chi connectivity index (χ1v) is 6.39. The normalized spacial score (nSPS) is 13.3. The molecule has 1 aromatic rings. The predicted molar refractivity (Wildman–Crippen MR) is 83.2 cm³/mol. The molecule has 0 N–H and O–H groups in total. The zero-order chi connectivity index (χ0) is 13.1. The van der Waals surface area contributed by atoms with Crippen LogP contribution in [0, 0.1) is 0 Å². The maximum absolute atomic E-state index is 11.6. The summed E-state index contributed by atoms with van der Waals surface area (Å²) in [4.78, 5) is 16.0. The minimum absolute atomic E-state index is 0. The van der Waals surface area contributed by atoms with Crippen molar-refractivity contribution in [1.29, 1.82) is 0 Å². The average Bonchev–Trinajstić information content (AvgIpc) is 2.69. The Balaban J connectivity index is 0.00000180. The lowest BCUT2D eigenvalue weighted by molar-refractivity contribution is -0.141. The number of carbonyl (C=O) groups excluding carboxylic acids is 1. The minimum atomic E-state index is -0.169. The molecule has 2 rings (SSSR count). The largest absolute Gasteiger partial charge is 0.465 e. The molecule has 0 saturated carbocycles. The van der Waals surface area contributed by atoms with Crippen LogP contribution in [-0.4, -0.2) is 31.8 Å². The van der Waals surface area contributed by atoms with Crippen molar-refractivity contribution < 1.29 is 9.53 Å². The Kier molecular flexibility index (Phi) is 5.66. The predicted octanol–water partition coefficient (Wildman–Crippen LogP) is 2.82. The number of benzene rings is 1. The summed E-state index contributed by atoms with van der Waals surface area (Å²) >= 11 is 0. The molecule has 0 unspecified atom stereocenters. The van der Waals surface area contributed by atoms with Crippen LogP contribution < -0.4 is 9.80 Å². The van der Waals surface area contributed by atoms with E-state index in [-0.39, 0.29) is 23.0 Å². The molecule has 0 spiro atoms. The number of hydrogen-bond acceptors (Lipinski definition) is 4. The van der Waals surface area contributed by atoms with Crippen LogP contribution in [0.15, 0.2) is 24.3 Å². The number of halogens is 1. The second-order valence-corrected chi connectivity index (χ2v) is 4.70. The summed E-state index contributed by atoms with van der Waals surface area (Å²) in [6, 6.07) is 8.60. The zero-order valence-corrected chi connectivity index (χ0v) is 13.3. The van der Waals surface area contributed by atoms with E-state index in [0.717, 1.165) is 12.4 Å². The van der Waals surface area contributed by atoms with Gasteiger partial charge < -0.3 is 14.5 Å². The quantitative estimate of drug-likeness (QED) is 0.796. The summed E-state index contributed by atoms with van der Waals surface area (Å²) in [5.41, 5.74) is 2.30. The highest BCUT2D eigenvalue weighted by atomic mass is 79.9. The lowest BCUT2D eigenvalue weighted by atomic mass is 10.2. The fourth-order valence-electron chi connectivity index (χ4n) is 2.25. The van der Waals surface area contributed by atoms with Crippen LogP contribution >= 0.6 is 17.0 Å². The highest BCUT2D eigenvalue weighted by Gasteiger charge is 2.28. The molecule has 19 heavy (non-hydrogen) atoms. The number of ether oxygens (including phenoxy) is 1. The standard InChI is InChI=1S/C14H20N2O2.BrH/c1-4-18-14(17)9-15-10-16(11(2)3)13-8-6-5-7-12(13)15;/h5-8,11H,4,9-10H2,1-3H3;1H. The monoisotopic (exact) mass is 328 g/mol. The van der Waals surface area contributed by atoms with Crippen molar-refractivity contribution in [1.82, 2.24) is 0 Å². The second kappa shape index (κ2) is 6.80. The van der Waals surface area contributed by atoms with Gasteiger partial charge in [-0.2, -0.15) is 0 Å². The third-order valence-corrected chi connectivity index (χ3v) is 3.10. The van der Waals surface area contributed by atoms with Gasteiger partial charge in [0.2, 0.25) is 0 Å². The van der Waals surface area contributed by atoms with Gasteiger partial charge in [0.1, 0.15) is 6.54 Å². The Labute approximate surface area is 125 Å². The summed E-state index contributed by atoms with van der Waals surface area (Å²) in [6.45, 7) is 7.64. The van der Waals surface area contributed by atoms with Gasteiger partial charge in [0.15, 0.2) is 0 Å². The first-order chi connectivity index (χ1) is 8.63. The molecule has 1 aliphatic heterocycles. The van der Waals surface area contributed by atoms with Crippen LogP contribution in [0.5, 0.6) is 0 Å². The molecular weight excluding hydrogens is 308 g/mol. The molecular formula is C14H21BrN2O2. The molecule has 1 aromatic carbocycles. The average molecular weight is 329 g/mol. The SMILES string of the molecule is Br.CCOC(=O)CN1CN(C(C)C)c2ccccc21. The molecule has 106 valence electrons. The number of hydrogen-bond donors (Lipinski definition) is 0. The first-order valence-electron chi connectivity index (χ1n) is 6.39. The van der Waals surface area contributed by atoms with Crippen molar-refractivity contribution in [2.24, 2.45) is 0 Å². The second-order valence-electron chi connectivity index (χ2n) is 4.70. The third-order valence-electron chi connectivity index (χ3n) is 3.10. The Hall–Kier alpha value is -1.23. The van der Waals surface area contributed by atoms with Crippen LogP contribution in [0.25, 0.3) is 0 Å². The van der Waals surface area contributed by atoms with Crippen LogP contribution in [0.4, 0.5) is 11.4 Å². The van der Waals surface area contributed by atoms with Gasteiger partial charge in [-0.1, -0.05) is 12.1 Å². The molecule has 1 aliphatic rings. The van der Waals surface area contributed by atoms with Crippen molar-refractivity contribution in [3.63, 3.8) is 0 Å². The number of rotatable bonds is 4. The van der Waals surface area contributed by atoms with Gasteiger partial charge in [-0.05, 0) is 32.9 Å². The highest BCUT2D eigenvalue weighted by molar-refractivity contribution is 8.93. The lowest BCUT2D eigenvalue weighted by Gasteiger charge is -2.24. The van der Waals surface area contributed by atoms with Gasteiger partial charge >= 0.3 is 5.97 Å². The van der Waals surface area contributed by atoms with Gasteiger partial charge in [0, 0.05) is 6.04 Å². The smallest absolute Gasteiger partial charge is 0.325 e. The van der Waals surface area contributed by atoms with Crippen LogP contribution in [-0.2, 0) is 9.53 Å². The van der Waals surface area contributed by atoms with Gasteiger partial charge in [0.05, 0.1) is 24.7 Å². The molecule has 0 atom stereocenters. The fraction of sp³-hybridized carbons (Fsp3) is 0.500. The van der Waals surface area contributed by atoms with E-state index in [1.807, 2.05) is 19.1 Å². The summed E-state index contributed by atoms with van der Waals surface area (Å²) in [7, 11) is 0. The summed E-state index contributed by atoms with van der Waals surface area (Å²) in [5, 5.41) is 0. The van der Waals surface area contributed by atoms with E-state index in [4.69, 9.17) is 4.74 Å². The number of para-hydroxylation sites is 2. The van der Waals surface area contributed by atoms with Crippen molar-refractivity contribution in [2.45, 2.75) is 26.8 Å². The molecule has 0 aliphatic carbocycles. The van der Waals surface area contributed by atoms with Gasteiger partial charge in [0.25, 0.3) is 0 Å². The minimum Gasteiger partial charge on any atom is -0.465 e. The van der Waals surface area contributed by atoms with E-state index >= 15 is 0 Å².